The predicted octanol–water partition coefficient (Wildman–Crippen LogP) is 3.00. The zero-order valence-corrected chi connectivity index (χ0v) is 18.2. The summed E-state index contributed by atoms with van der Waals surface area (Å²) < 4.78 is 10.6. The number of hydrogen-bond acceptors (Lipinski definition) is 4. The summed E-state index contributed by atoms with van der Waals surface area (Å²) in [5.41, 5.74) is 3.14. The van der Waals surface area contributed by atoms with Gasteiger partial charge in [0.2, 0.25) is 5.91 Å². The topological polar surface area (TPSA) is 84.0 Å². The summed E-state index contributed by atoms with van der Waals surface area (Å²) >= 11 is 0. The molecule has 2 aromatic carbocycles. The van der Waals surface area contributed by atoms with E-state index in [1.54, 1.807) is 14.2 Å². The van der Waals surface area contributed by atoms with Crippen LogP contribution in [0.3, 0.4) is 0 Å². The van der Waals surface area contributed by atoms with Gasteiger partial charge in [-0.1, -0.05) is 18.2 Å². The number of rotatable bonds is 10. The first kappa shape index (κ1) is 23.1. The molecule has 0 fully saturated rings. The van der Waals surface area contributed by atoms with E-state index in [0.29, 0.717) is 6.54 Å². The number of carbonyl (C=O) groups excluding carboxylic acids is 1. The molecular formula is C23H32N4O3. The second-order valence-corrected chi connectivity index (χ2v) is 6.75. The predicted molar refractivity (Wildman–Crippen MR) is 122 cm³/mol. The number of guanidine groups is 1. The number of carbonyl (C=O) groups is 1. The summed E-state index contributed by atoms with van der Waals surface area (Å²) in [6.45, 7) is 5.78. The fourth-order valence-electron chi connectivity index (χ4n) is 2.96. The molecule has 0 unspecified atom stereocenters. The quantitative estimate of drug-likeness (QED) is 0.413. The number of methoxy groups -OCH3 is 2. The Morgan fingerprint density at radius 1 is 0.933 bits per heavy atom. The fraction of sp³-hybridized carbons (Fsp3) is 0.391. The van der Waals surface area contributed by atoms with Gasteiger partial charge in [0.1, 0.15) is 0 Å². The van der Waals surface area contributed by atoms with Crippen LogP contribution >= 0.6 is 0 Å². The Balaban J connectivity index is 1.84. The molecule has 162 valence electrons. The SMILES string of the molecule is CCNC(=NCCc1ccc(NC(C)=O)cc1)NCCc1ccc(OC)c(OC)c1. The summed E-state index contributed by atoms with van der Waals surface area (Å²) in [5, 5.41) is 9.42. The average molecular weight is 413 g/mol. The summed E-state index contributed by atoms with van der Waals surface area (Å²) in [6, 6.07) is 13.8. The highest BCUT2D eigenvalue weighted by molar-refractivity contribution is 5.88. The summed E-state index contributed by atoms with van der Waals surface area (Å²) in [5.74, 6) is 2.20. The summed E-state index contributed by atoms with van der Waals surface area (Å²) in [4.78, 5) is 15.7. The molecule has 0 spiro atoms. The van der Waals surface area contributed by atoms with Crippen molar-refractivity contribution >= 4 is 17.6 Å². The van der Waals surface area contributed by atoms with Gasteiger partial charge in [0, 0.05) is 32.2 Å². The first-order valence-electron chi connectivity index (χ1n) is 10.1. The third-order valence-corrected chi connectivity index (χ3v) is 4.44. The van der Waals surface area contributed by atoms with Gasteiger partial charge in [-0.3, -0.25) is 9.79 Å². The molecule has 2 aromatic rings. The third kappa shape index (κ3) is 7.66. The molecule has 1 amide bonds. The van der Waals surface area contributed by atoms with Crippen molar-refractivity contribution in [2.75, 3.05) is 39.2 Å². The fourth-order valence-corrected chi connectivity index (χ4v) is 2.96. The van der Waals surface area contributed by atoms with E-state index < -0.39 is 0 Å². The van der Waals surface area contributed by atoms with Crippen LogP contribution in [0, 0.1) is 0 Å². The molecule has 0 heterocycles. The van der Waals surface area contributed by atoms with E-state index in [1.165, 1.54) is 12.5 Å². The second kappa shape index (κ2) is 12.4. The van der Waals surface area contributed by atoms with E-state index in [9.17, 15) is 4.79 Å². The minimum Gasteiger partial charge on any atom is -0.493 e. The van der Waals surface area contributed by atoms with Crippen molar-refractivity contribution in [3.8, 4) is 11.5 Å². The normalized spacial score (nSPS) is 11.0. The lowest BCUT2D eigenvalue weighted by atomic mass is 10.1. The van der Waals surface area contributed by atoms with Crippen molar-refractivity contribution in [1.29, 1.82) is 0 Å². The lowest BCUT2D eigenvalue weighted by Gasteiger charge is -2.13. The van der Waals surface area contributed by atoms with E-state index in [1.807, 2.05) is 49.4 Å². The van der Waals surface area contributed by atoms with Crippen LogP contribution in [0.1, 0.15) is 25.0 Å². The van der Waals surface area contributed by atoms with Gasteiger partial charge in [0.25, 0.3) is 0 Å². The number of benzene rings is 2. The number of hydrogen-bond donors (Lipinski definition) is 3. The molecule has 0 aliphatic carbocycles. The van der Waals surface area contributed by atoms with Crippen LogP contribution in [-0.4, -0.2) is 45.7 Å². The Morgan fingerprint density at radius 2 is 1.63 bits per heavy atom. The minimum absolute atomic E-state index is 0.0678. The van der Waals surface area contributed by atoms with Crippen LogP contribution in [-0.2, 0) is 17.6 Å². The van der Waals surface area contributed by atoms with Crippen molar-refractivity contribution in [3.63, 3.8) is 0 Å². The first-order chi connectivity index (χ1) is 14.5. The van der Waals surface area contributed by atoms with E-state index in [4.69, 9.17) is 9.47 Å². The van der Waals surface area contributed by atoms with Crippen molar-refractivity contribution in [1.82, 2.24) is 10.6 Å². The molecule has 0 radical (unpaired) electrons. The highest BCUT2D eigenvalue weighted by Crippen LogP contribution is 2.27. The van der Waals surface area contributed by atoms with Crippen molar-refractivity contribution in [2.45, 2.75) is 26.7 Å². The van der Waals surface area contributed by atoms with Crippen LogP contribution in [0.5, 0.6) is 11.5 Å². The smallest absolute Gasteiger partial charge is 0.221 e. The molecular weight excluding hydrogens is 380 g/mol. The standard InChI is InChI=1S/C23H32N4O3/c1-5-24-23(25-14-12-18-6-9-20(10-7-18)27-17(2)28)26-15-13-19-8-11-21(29-3)22(16-19)30-4/h6-11,16H,5,12-15H2,1-4H3,(H,27,28)(H2,24,25,26). The number of nitrogens with one attached hydrogen (secondary N) is 3. The Morgan fingerprint density at radius 3 is 2.27 bits per heavy atom. The van der Waals surface area contributed by atoms with Crippen molar-refractivity contribution in [2.24, 2.45) is 4.99 Å². The molecule has 0 saturated heterocycles. The van der Waals surface area contributed by atoms with E-state index in [-0.39, 0.29) is 5.91 Å². The highest BCUT2D eigenvalue weighted by atomic mass is 16.5. The summed E-state index contributed by atoms with van der Waals surface area (Å²) in [7, 11) is 3.28. The number of aliphatic imine (C=N–C) groups is 1. The average Bonchev–Trinajstić information content (AvgIpc) is 2.74. The van der Waals surface area contributed by atoms with E-state index in [0.717, 1.165) is 54.6 Å². The molecule has 2 rings (SSSR count). The molecule has 3 N–H and O–H groups in total. The van der Waals surface area contributed by atoms with Crippen LogP contribution < -0.4 is 25.4 Å². The molecule has 0 aliphatic heterocycles. The number of ether oxygens (including phenoxy) is 2. The lowest BCUT2D eigenvalue weighted by molar-refractivity contribution is -0.114. The van der Waals surface area contributed by atoms with Crippen molar-refractivity contribution < 1.29 is 14.3 Å². The third-order valence-electron chi connectivity index (χ3n) is 4.44. The molecule has 0 aliphatic rings. The Hall–Kier alpha value is -3.22. The maximum atomic E-state index is 11.1. The number of amides is 1. The monoisotopic (exact) mass is 412 g/mol. The second-order valence-electron chi connectivity index (χ2n) is 6.75. The Labute approximate surface area is 178 Å². The molecule has 7 nitrogen and oxygen atoms in total. The highest BCUT2D eigenvalue weighted by Gasteiger charge is 2.05. The summed E-state index contributed by atoms with van der Waals surface area (Å²) in [6.07, 6.45) is 1.67. The Bertz CT molecular complexity index is 835. The van der Waals surface area contributed by atoms with Gasteiger partial charge in [-0.05, 0) is 55.2 Å². The largest absolute Gasteiger partial charge is 0.493 e. The van der Waals surface area contributed by atoms with Gasteiger partial charge < -0.3 is 25.4 Å². The van der Waals surface area contributed by atoms with Gasteiger partial charge >= 0.3 is 0 Å². The molecule has 0 aromatic heterocycles. The van der Waals surface area contributed by atoms with Crippen LogP contribution in [0.25, 0.3) is 0 Å². The lowest BCUT2D eigenvalue weighted by Crippen LogP contribution is -2.38. The van der Waals surface area contributed by atoms with Crippen LogP contribution in [0.2, 0.25) is 0 Å². The van der Waals surface area contributed by atoms with Gasteiger partial charge in [-0.25, -0.2) is 0 Å². The zero-order valence-electron chi connectivity index (χ0n) is 18.2. The molecule has 0 bridgehead atoms. The van der Waals surface area contributed by atoms with E-state index in [2.05, 4.69) is 20.9 Å². The number of nitrogens with zero attached hydrogens (tertiary/aromatic N) is 1. The van der Waals surface area contributed by atoms with Gasteiger partial charge in [0.05, 0.1) is 14.2 Å². The minimum atomic E-state index is -0.0678. The maximum Gasteiger partial charge on any atom is 0.221 e. The first-order valence-corrected chi connectivity index (χ1v) is 10.1. The molecule has 0 saturated carbocycles. The number of anilines is 1. The van der Waals surface area contributed by atoms with Crippen LogP contribution in [0.15, 0.2) is 47.5 Å². The molecule has 0 atom stereocenters. The van der Waals surface area contributed by atoms with Crippen molar-refractivity contribution in [3.05, 3.63) is 53.6 Å². The zero-order chi connectivity index (χ0) is 21.8. The maximum absolute atomic E-state index is 11.1. The van der Waals surface area contributed by atoms with E-state index >= 15 is 0 Å². The van der Waals surface area contributed by atoms with Crippen LogP contribution in [0.4, 0.5) is 5.69 Å². The Kier molecular flexibility index (Phi) is 9.51. The van der Waals surface area contributed by atoms with Gasteiger partial charge in [0.15, 0.2) is 17.5 Å². The van der Waals surface area contributed by atoms with Gasteiger partial charge in [-0.2, -0.15) is 0 Å². The molecule has 7 heteroatoms. The molecule has 30 heavy (non-hydrogen) atoms. The van der Waals surface area contributed by atoms with Gasteiger partial charge in [-0.15, -0.1) is 0 Å².